The molecule has 46 heavy (non-hydrogen) atoms. The van der Waals surface area contributed by atoms with Crippen molar-refractivity contribution >= 4 is 34.8 Å². The van der Waals surface area contributed by atoms with Crippen LogP contribution in [0, 0.1) is 17.0 Å². The van der Waals surface area contributed by atoms with E-state index in [1.54, 1.807) is 56.4 Å². The quantitative estimate of drug-likeness (QED) is 0.165. The number of rotatable bonds is 9. The average Bonchev–Trinajstić information content (AvgIpc) is 3.58. The summed E-state index contributed by atoms with van der Waals surface area (Å²) in [5.74, 6) is -2.59. The minimum atomic E-state index is -1.26. The Morgan fingerprint density at radius 3 is 2.57 bits per heavy atom. The van der Waals surface area contributed by atoms with Gasteiger partial charge in [-0.2, -0.15) is 0 Å². The SMILES string of the molecule is CN=CCC1(Cn2c(Cc3c(F)cc(-c4cccc5c4OC(C)(c4ccc(Cl)cn4)O5)cc3F)nc3ccc(C(=O)O)cc32)CC1. The maximum absolute atomic E-state index is 15.9. The van der Waals surface area contributed by atoms with Gasteiger partial charge in [-0.1, -0.05) is 23.7 Å². The van der Waals surface area contributed by atoms with Crippen LogP contribution in [0.15, 0.2) is 71.9 Å². The van der Waals surface area contributed by atoms with Crippen molar-refractivity contribution < 1.29 is 28.2 Å². The fourth-order valence-corrected chi connectivity index (χ4v) is 6.14. The molecule has 3 aromatic carbocycles. The molecule has 8 nitrogen and oxygen atoms in total. The Hall–Kier alpha value is -4.83. The zero-order valence-corrected chi connectivity index (χ0v) is 25.8. The molecule has 1 fully saturated rings. The van der Waals surface area contributed by atoms with Crippen molar-refractivity contribution in [3.63, 3.8) is 0 Å². The summed E-state index contributed by atoms with van der Waals surface area (Å²) >= 11 is 6.00. The van der Waals surface area contributed by atoms with Gasteiger partial charge in [0.25, 0.3) is 5.79 Å². The number of nitrogens with zero attached hydrogens (tertiary/aromatic N) is 4. The van der Waals surface area contributed by atoms with Gasteiger partial charge < -0.3 is 24.1 Å². The molecule has 0 amide bonds. The van der Waals surface area contributed by atoms with Gasteiger partial charge >= 0.3 is 5.97 Å². The van der Waals surface area contributed by atoms with E-state index in [4.69, 9.17) is 26.1 Å². The van der Waals surface area contributed by atoms with Gasteiger partial charge in [0.05, 0.1) is 21.6 Å². The summed E-state index contributed by atoms with van der Waals surface area (Å²) in [5.41, 5.74) is 2.32. The number of hydrogen-bond donors (Lipinski definition) is 1. The highest BCUT2D eigenvalue weighted by Crippen LogP contribution is 2.51. The molecule has 7 rings (SSSR count). The third-order valence-corrected chi connectivity index (χ3v) is 9.02. The molecule has 1 aliphatic heterocycles. The minimum Gasteiger partial charge on any atom is -0.478 e. The van der Waals surface area contributed by atoms with Gasteiger partial charge in [-0.15, -0.1) is 0 Å². The maximum Gasteiger partial charge on any atom is 0.335 e. The molecule has 1 saturated carbocycles. The summed E-state index contributed by atoms with van der Waals surface area (Å²) in [4.78, 5) is 24.9. The van der Waals surface area contributed by atoms with Crippen LogP contribution in [0.25, 0.3) is 22.2 Å². The minimum absolute atomic E-state index is 0.0617. The van der Waals surface area contributed by atoms with E-state index < -0.39 is 23.4 Å². The number of benzene rings is 3. The lowest BCUT2D eigenvalue weighted by atomic mass is 10.00. The van der Waals surface area contributed by atoms with Crippen molar-refractivity contribution in [2.75, 3.05) is 7.05 Å². The van der Waals surface area contributed by atoms with Crippen LogP contribution in [-0.2, 0) is 18.8 Å². The number of aromatic carboxylic acids is 1. The second-order valence-electron chi connectivity index (χ2n) is 12.0. The molecular formula is C35H29ClF2N4O4. The van der Waals surface area contributed by atoms with Gasteiger partial charge in [0.1, 0.15) is 23.2 Å². The summed E-state index contributed by atoms with van der Waals surface area (Å²) in [6.07, 6.45) is 5.92. The Bertz CT molecular complexity index is 2020. The molecule has 1 atom stereocenters. The lowest BCUT2D eigenvalue weighted by molar-refractivity contribution is -0.0715. The van der Waals surface area contributed by atoms with Crippen molar-refractivity contribution in [1.29, 1.82) is 0 Å². The van der Waals surface area contributed by atoms with Crippen LogP contribution in [0.5, 0.6) is 11.5 Å². The lowest BCUT2D eigenvalue weighted by Crippen LogP contribution is -2.32. The number of para-hydroxylation sites is 1. The zero-order valence-electron chi connectivity index (χ0n) is 25.1. The summed E-state index contributed by atoms with van der Waals surface area (Å²) in [7, 11) is 1.72. The Kier molecular flexibility index (Phi) is 7.27. The van der Waals surface area contributed by atoms with Crippen molar-refractivity contribution in [3.8, 4) is 22.6 Å². The zero-order chi connectivity index (χ0) is 32.2. The summed E-state index contributed by atoms with van der Waals surface area (Å²) in [5, 5.41) is 10.1. The molecule has 1 N–H and O–H groups in total. The van der Waals surface area contributed by atoms with Crippen LogP contribution < -0.4 is 9.47 Å². The van der Waals surface area contributed by atoms with Crippen molar-refractivity contribution in [3.05, 3.63) is 106 Å². The van der Waals surface area contributed by atoms with E-state index in [0.29, 0.717) is 51.2 Å². The van der Waals surface area contributed by atoms with Crippen LogP contribution >= 0.6 is 11.6 Å². The van der Waals surface area contributed by atoms with Gasteiger partial charge in [-0.05, 0) is 85.0 Å². The monoisotopic (exact) mass is 642 g/mol. The van der Waals surface area contributed by atoms with E-state index >= 15 is 8.78 Å². The van der Waals surface area contributed by atoms with Crippen molar-refractivity contribution in [2.45, 2.75) is 44.9 Å². The van der Waals surface area contributed by atoms with E-state index in [9.17, 15) is 9.90 Å². The Labute approximate surface area is 268 Å². The summed E-state index contributed by atoms with van der Waals surface area (Å²) < 4.78 is 46.0. The molecule has 3 heterocycles. The number of aromatic nitrogens is 3. The number of pyridine rings is 1. The number of halogens is 3. The van der Waals surface area contributed by atoms with Gasteiger partial charge in [-0.25, -0.2) is 18.6 Å². The van der Waals surface area contributed by atoms with Crippen molar-refractivity contribution in [2.24, 2.45) is 10.4 Å². The van der Waals surface area contributed by atoms with Gasteiger partial charge in [-0.3, -0.25) is 4.98 Å². The normalized spacial score (nSPS) is 18.0. The number of aliphatic imine (C=N–C) groups is 1. The standard InChI is InChI=1S/C35H29ClF2N4O4/c1-34(30-9-7-22(36)18-40-30)45-29-5-3-4-23(32(29)46-34)21-14-25(37)24(26(38)15-21)17-31-41-27-8-6-20(33(43)44)16-28(27)42(31)19-35(10-11-35)12-13-39-2/h3-9,13-16,18H,10-12,17,19H2,1-2H3,(H,43,44). The van der Waals surface area contributed by atoms with Crippen LogP contribution in [0.2, 0.25) is 5.02 Å². The molecule has 2 aliphatic rings. The molecule has 0 saturated heterocycles. The molecule has 2 aromatic heterocycles. The Balaban J connectivity index is 1.24. The van der Waals surface area contributed by atoms with Crippen LogP contribution in [0.1, 0.15) is 53.6 Å². The predicted molar refractivity (Wildman–Crippen MR) is 170 cm³/mol. The fourth-order valence-electron chi connectivity index (χ4n) is 6.03. The average molecular weight is 643 g/mol. The van der Waals surface area contributed by atoms with E-state index in [0.717, 1.165) is 19.3 Å². The molecule has 11 heteroatoms. The third kappa shape index (κ3) is 5.36. The third-order valence-electron chi connectivity index (χ3n) is 8.79. The number of ether oxygens (including phenoxy) is 2. The first kappa shape index (κ1) is 29.9. The van der Waals surface area contributed by atoms with Gasteiger partial charge in [0.15, 0.2) is 11.5 Å². The van der Waals surface area contributed by atoms with Crippen LogP contribution in [-0.4, -0.2) is 38.9 Å². The molecule has 0 radical (unpaired) electrons. The summed E-state index contributed by atoms with van der Waals surface area (Å²) in [6.45, 7) is 2.24. The molecule has 234 valence electrons. The largest absolute Gasteiger partial charge is 0.478 e. The van der Waals surface area contributed by atoms with E-state index in [1.807, 2.05) is 10.8 Å². The van der Waals surface area contributed by atoms with Crippen LogP contribution in [0.3, 0.4) is 0 Å². The smallest absolute Gasteiger partial charge is 0.335 e. The first-order chi connectivity index (χ1) is 22.1. The number of carbonyl (C=O) groups is 1. The fraction of sp³-hybridized carbons (Fsp3) is 0.257. The number of hydrogen-bond acceptors (Lipinski definition) is 6. The predicted octanol–water partition coefficient (Wildman–Crippen LogP) is 7.83. The highest BCUT2D eigenvalue weighted by molar-refractivity contribution is 6.30. The number of fused-ring (bicyclic) bond motifs is 2. The highest BCUT2D eigenvalue weighted by atomic mass is 35.5. The second kappa shape index (κ2) is 11.2. The van der Waals surface area contributed by atoms with Gasteiger partial charge in [0, 0.05) is 44.3 Å². The maximum atomic E-state index is 15.9. The number of carboxylic acid groups (broad SMARTS) is 1. The lowest BCUT2D eigenvalue weighted by Gasteiger charge is -2.22. The van der Waals surface area contributed by atoms with E-state index in [-0.39, 0.29) is 28.5 Å². The van der Waals surface area contributed by atoms with Crippen LogP contribution in [0.4, 0.5) is 8.78 Å². The Morgan fingerprint density at radius 1 is 1.11 bits per heavy atom. The first-order valence-corrected chi connectivity index (χ1v) is 15.2. The van der Waals surface area contributed by atoms with E-state index in [2.05, 4.69) is 9.98 Å². The van der Waals surface area contributed by atoms with Crippen molar-refractivity contribution in [1.82, 2.24) is 14.5 Å². The van der Waals surface area contributed by atoms with Gasteiger partial charge in [0.2, 0.25) is 0 Å². The highest BCUT2D eigenvalue weighted by Gasteiger charge is 2.43. The summed E-state index contributed by atoms with van der Waals surface area (Å²) in [6, 6.07) is 15.8. The number of carboxylic acids is 1. The Morgan fingerprint density at radius 2 is 1.89 bits per heavy atom. The number of imidazole rings is 1. The topological polar surface area (TPSA) is 98.8 Å². The molecule has 1 aliphatic carbocycles. The second-order valence-corrected chi connectivity index (χ2v) is 12.4. The molecule has 1 unspecified atom stereocenters. The molecule has 0 spiro atoms. The first-order valence-electron chi connectivity index (χ1n) is 14.8. The molecular weight excluding hydrogens is 614 g/mol. The molecule has 0 bridgehead atoms. The van der Waals surface area contributed by atoms with E-state index in [1.165, 1.54) is 24.4 Å². The molecule has 5 aromatic rings.